The quantitative estimate of drug-likeness (QED) is 0.697. The lowest BCUT2D eigenvalue weighted by Crippen LogP contribution is -2.46. The Labute approximate surface area is 170 Å². The SMILES string of the molecule is O=C(NCc1ccncc1)c1cnc(N2CCN(Cc3ccccc3)CC2)nc1. The van der Waals surface area contributed by atoms with Gasteiger partial charge < -0.3 is 10.2 Å². The number of carbonyl (C=O) groups excluding carboxylic acids is 1. The highest BCUT2D eigenvalue weighted by Gasteiger charge is 2.19. The molecule has 1 aromatic carbocycles. The van der Waals surface area contributed by atoms with Gasteiger partial charge in [-0.2, -0.15) is 0 Å². The van der Waals surface area contributed by atoms with Gasteiger partial charge in [-0.05, 0) is 23.3 Å². The largest absolute Gasteiger partial charge is 0.348 e. The molecule has 0 unspecified atom stereocenters. The number of rotatable bonds is 6. The standard InChI is InChI=1S/C22H24N6O/c29-21(24-14-18-6-8-23-9-7-18)20-15-25-22(26-16-20)28-12-10-27(11-13-28)17-19-4-2-1-3-5-19/h1-9,15-16H,10-14,17H2,(H,24,29). The van der Waals surface area contributed by atoms with Crippen molar-refractivity contribution in [2.75, 3.05) is 31.1 Å². The van der Waals surface area contributed by atoms with E-state index in [2.05, 4.69) is 54.3 Å². The molecular formula is C22H24N6O. The molecule has 7 nitrogen and oxygen atoms in total. The maximum atomic E-state index is 12.3. The summed E-state index contributed by atoms with van der Waals surface area (Å²) in [6.45, 7) is 5.10. The van der Waals surface area contributed by atoms with Crippen LogP contribution in [0, 0.1) is 0 Å². The van der Waals surface area contributed by atoms with Crippen LogP contribution in [0.25, 0.3) is 0 Å². The van der Waals surface area contributed by atoms with E-state index in [0.717, 1.165) is 38.3 Å². The van der Waals surface area contributed by atoms with Gasteiger partial charge in [0.15, 0.2) is 0 Å². The van der Waals surface area contributed by atoms with Gasteiger partial charge >= 0.3 is 0 Å². The number of hydrogen-bond acceptors (Lipinski definition) is 6. The smallest absolute Gasteiger partial charge is 0.254 e. The van der Waals surface area contributed by atoms with E-state index in [0.29, 0.717) is 18.1 Å². The van der Waals surface area contributed by atoms with Crippen LogP contribution in [0.1, 0.15) is 21.5 Å². The topological polar surface area (TPSA) is 74.2 Å². The van der Waals surface area contributed by atoms with E-state index in [9.17, 15) is 4.79 Å². The zero-order chi connectivity index (χ0) is 19.9. The number of aromatic nitrogens is 3. The average Bonchev–Trinajstić information content (AvgIpc) is 2.79. The van der Waals surface area contributed by atoms with Crippen molar-refractivity contribution in [3.05, 3.63) is 83.9 Å². The number of benzene rings is 1. The summed E-state index contributed by atoms with van der Waals surface area (Å²) in [5, 5.41) is 2.88. The normalized spacial score (nSPS) is 14.6. The van der Waals surface area contributed by atoms with Crippen molar-refractivity contribution in [3.8, 4) is 0 Å². The number of amides is 1. The molecule has 1 amide bonds. The molecule has 0 bridgehead atoms. The molecule has 0 saturated carbocycles. The summed E-state index contributed by atoms with van der Waals surface area (Å²) in [6, 6.07) is 14.3. The Balaban J connectivity index is 1.27. The number of pyridine rings is 1. The first kappa shape index (κ1) is 19.0. The number of nitrogens with one attached hydrogen (secondary N) is 1. The molecule has 0 aliphatic carbocycles. The molecule has 3 aromatic rings. The average molecular weight is 388 g/mol. The minimum atomic E-state index is -0.180. The Kier molecular flexibility index (Phi) is 6.07. The Morgan fingerprint density at radius 1 is 0.897 bits per heavy atom. The summed E-state index contributed by atoms with van der Waals surface area (Å²) >= 11 is 0. The second kappa shape index (κ2) is 9.25. The van der Waals surface area contributed by atoms with Crippen LogP contribution < -0.4 is 10.2 Å². The van der Waals surface area contributed by atoms with Crippen LogP contribution in [0.3, 0.4) is 0 Å². The van der Waals surface area contributed by atoms with Gasteiger partial charge in [0.25, 0.3) is 5.91 Å². The number of anilines is 1. The molecule has 7 heteroatoms. The minimum Gasteiger partial charge on any atom is -0.348 e. The molecule has 1 aliphatic rings. The maximum absolute atomic E-state index is 12.3. The van der Waals surface area contributed by atoms with Gasteiger partial charge in [0.1, 0.15) is 0 Å². The molecule has 3 heterocycles. The third kappa shape index (κ3) is 5.14. The maximum Gasteiger partial charge on any atom is 0.254 e. The van der Waals surface area contributed by atoms with Crippen LogP contribution >= 0.6 is 0 Å². The fourth-order valence-electron chi connectivity index (χ4n) is 3.33. The van der Waals surface area contributed by atoms with E-state index in [1.807, 2.05) is 18.2 Å². The molecule has 148 valence electrons. The van der Waals surface area contributed by atoms with Crippen molar-refractivity contribution in [2.45, 2.75) is 13.1 Å². The van der Waals surface area contributed by atoms with Gasteiger partial charge in [0, 0.05) is 64.1 Å². The number of carbonyl (C=O) groups is 1. The first-order chi connectivity index (χ1) is 14.3. The summed E-state index contributed by atoms with van der Waals surface area (Å²) in [6.07, 6.45) is 6.61. The van der Waals surface area contributed by atoms with Crippen molar-refractivity contribution >= 4 is 11.9 Å². The minimum absolute atomic E-state index is 0.180. The molecule has 0 radical (unpaired) electrons. The number of piperazine rings is 1. The van der Waals surface area contributed by atoms with Crippen molar-refractivity contribution in [3.63, 3.8) is 0 Å². The summed E-state index contributed by atoms with van der Waals surface area (Å²) in [5.74, 6) is 0.496. The summed E-state index contributed by atoms with van der Waals surface area (Å²) < 4.78 is 0. The van der Waals surface area contributed by atoms with E-state index in [-0.39, 0.29) is 5.91 Å². The molecule has 29 heavy (non-hydrogen) atoms. The third-order valence-electron chi connectivity index (χ3n) is 5.01. The second-order valence-electron chi connectivity index (χ2n) is 7.06. The third-order valence-corrected chi connectivity index (χ3v) is 5.01. The molecule has 1 fully saturated rings. The highest BCUT2D eigenvalue weighted by molar-refractivity contribution is 5.93. The summed E-state index contributed by atoms with van der Waals surface area (Å²) in [5.41, 5.74) is 2.80. The first-order valence-corrected chi connectivity index (χ1v) is 9.78. The number of nitrogens with zero attached hydrogens (tertiary/aromatic N) is 5. The fraction of sp³-hybridized carbons (Fsp3) is 0.273. The Hall–Kier alpha value is -3.32. The van der Waals surface area contributed by atoms with Crippen LogP contribution in [-0.2, 0) is 13.1 Å². The summed E-state index contributed by atoms with van der Waals surface area (Å²) in [7, 11) is 0. The van der Waals surface area contributed by atoms with E-state index in [1.54, 1.807) is 24.8 Å². The Bertz CT molecular complexity index is 909. The van der Waals surface area contributed by atoms with Crippen molar-refractivity contribution in [2.24, 2.45) is 0 Å². The molecule has 0 atom stereocenters. The van der Waals surface area contributed by atoms with Gasteiger partial charge in [-0.3, -0.25) is 14.7 Å². The van der Waals surface area contributed by atoms with Crippen molar-refractivity contribution in [1.82, 2.24) is 25.2 Å². The van der Waals surface area contributed by atoms with Crippen molar-refractivity contribution < 1.29 is 4.79 Å². The summed E-state index contributed by atoms with van der Waals surface area (Å²) in [4.78, 5) is 29.7. The first-order valence-electron chi connectivity index (χ1n) is 9.78. The van der Waals surface area contributed by atoms with Crippen LogP contribution in [-0.4, -0.2) is 51.9 Å². The molecule has 1 saturated heterocycles. The van der Waals surface area contributed by atoms with Gasteiger partial charge in [0.2, 0.25) is 5.95 Å². The monoisotopic (exact) mass is 388 g/mol. The fourth-order valence-corrected chi connectivity index (χ4v) is 3.33. The van der Waals surface area contributed by atoms with Gasteiger partial charge in [-0.1, -0.05) is 30.3 Å². The molecule has 1 aliphatic heterocycles. The van der Waals surface area contributed by atoms with Gasteiger partial charge in [0.05, 0.1) is 5.56 Å². The van der Waals surface area contributed by atoms with Crippen molar-refractivity contribution in [1.29, 1.82) is 0 Å². The van der Waals surface area contributed by atoms with Gasteiger partial charge in [-0.15, -0.1) is 0 Å². The van der Waals surface area contributed by atoms with Crippen LogP contribution in [0.4, 0.5) is 5.95 Å². The van der Waals surface area contributed by atoms with Gasteiger partial charge in [-0.25, -0.2) is 9.97 Å². The Morgan fingerprint density at radius 3 is 2.28 bits per heavy atom. The highest BCUT2D eigenvalue weighted by Crippen LogP contribution is 2.13. The lowest BCUT2D eigenvalue weighted by atomic mass is 10.2. The predicted octanol–water partition coefficient (Wildman–Crippen LogP) is 2.12. The molecular weight excluding hydrogens is 364 g/mol. The lowest BCUT2D eigenvalue weighted by molar-refractivity contribution is 0.0950. The lowest BCUT2D eigenvalue weighted by Gasteiger charge is -2.34. The van der Waals surface area contributed by atoms with E-state index >= 15 is 0 Å². The molecule has 0 spiro atoms. The Morgan fingerprint density at radius 2 is 1.59 bits per heavy atom. The van der Waals surface area contributed by atoms with Crippen LogP contribution in [0.5, 0.6) is 0 Å². The van der Waals surface area contributed by atoms with E-state index < -0.39 is 0 Å². The molecule has 2 aromatic heterocycles. The zero-order valence-corrected chi connectivity index (χ0v) is 16.2. The van der Waals surface area contributed by atoms with Crippen LogP contribution in [0.2, 0.25) is 0 Å². The number of hydrogen-bond donors (Lipinski definition) is 1. The molecule has 1 N–H and O–H groups in total. The van der Waals surface area contributed by atoms with E-state index in [4.69, 9.17) is 0 Å². The highest BCUT2D eigenvalue weighted by atomic mass is 16.1. The zero-order valence-electron chi connectivity index (χ0n) is 16.2. The predicted molar refractivity (Wildman–Crippen MR) is 111 cm³/mol. The van der Waals surface area contributed by atoms with E-state index in [1.165, 1.54) is 5.56 Å². The van der Waals surface area contributed by atoms with Crippen LogP contribution in [0.15, 0.2) is 67.3 Å². The second-order valence-corrected chi connectivity index (χ2v) is 7.06. The molecule has 4 rings (SSSR count).